The molecule has 3 heteroatoms. The lowest BCUT2D eigenvalue weighted by atomic mass is 9.87. The maximum atomic E-state index is 4.42. The number of hydrogen-bond acceptors (Lipinski definition) is 2. The van der Waals surface area contributed by atoms with E-state index in [2.05, 4.69) is 28.0 Å². The molecule has 2 rings (SSSR count). The van der Waals surface area contributed by atoms with Gasteiger partial charge in [-0.3, -0.25) is 0 Å². The number of hydrogen-bond donors (Lipinski definition) is 1. The minimum absolute atomic E-state index is 0.897. The number of imidazole rings is 1. The highest BCUT2D eigenvalue weighted by molar-refractivity contribution is 4.92. The molecule has 1 saturated carbocycles. The molecule has 1 heterocycles. The van der Waals surface area contributed by atoms with Gasteiger partial charge < -0.3 is 9.88 Å². The van der Waals surface area contributed by atoms with Gasteiger partial charge in [0.25, 0.3) is 0 Å². The summed E-state index contributed by atoms with van der Waals surface area (Å²) >= 11 is 0. The highest BCUT2D eigenvalue weighted by Crippen LogP contribution is 2.26. The average Bonchev–Trinajstić information content (AvgIpc) is 2.82. The van der Waals surface area contributed by atoms with Gasteiger partial charge in [0.05, 0.1) is 6.54 Å². The van der Waals surface area contributed by atoms with Gasteiger partial charge in [-0.15, -0.1) is 0 Å². The molecule has 0 saturated heterocycles. The van der Waals surface area contributed by atoms with E-state index in [4.69, 9.17) is 0 Å². The van der Waals surface area contributed by atoms with Gasteiger partial charge >= 0.3 is 0 Å². The fourth-order valence-corrected chi connectivity index (χ4v) is 2.75. The number of nitrogens with one attached hydrogen (secondary N) is 1. The van der Waals surface area contributed by atoms with Gasteiger partial charge in [-0.2, -0.15) is 0 Å². The molecule has 0 amide bonds. The molecule has 1 N–H and O–H groups in total. The van der Waals surface area contributed by atoms with Crippen LogP contribution in [0.2, 0.25) is 0 Å². The first-order valence-electron chi connectivity index (χ1n) is 7.11. The third-order valence-corrected chi connectivity index (χ3v) is 3.84. The smallest absolute Gasteiger partial charge is 0.122 e. The molecular formula is C14H25N3. The molecule has 1 aromatic rings. The van der Waals surface area contributed by atoms with E-state index >= 15 is 0 Å². The molecule has 0 spiro atoms. The van der Waals surface area contributed by atoms with Crippen molar-refractivity contribution >= 4 is 0 Å². The fourth-order valence-electron chi connectivity index (χ4n) is 2.75. The molecule has 0 atom stereocenters. The third kappa shape index (κ3) is 3.84. The van der Waals surface area contributed by atoms with E-state index in [-0.39, 0.29) is 0 Å². The molecule has 17 heavy (non-hydrogen) atoms. The average molecular weight is 235 g/mol. The van der Waals surface area contributed by atoms with E-state index in [0.29, 0.717) is 0 Å². The Kier molecular flexibility index (Phi) is 5.05. The molecular weight excluding hydrogens is 210 g/mol. The van der Waals surface area contributed by atoms with Crippen molar-refractivity contribution in [2.75, 3.05) is 6.54 Å². The van der Waals surface area contributed by atoms with Crippen LogP contribution >= 0.6 is 0 Å². The topological polar surface area (TPSA) is 29.9 Å². The first-order valence-corrected chi connectivity index (χ1v) is 7.11. The van der Waals surface area contributed by atoms with Crippen molar-refractivity contribution in [3.63, 3.8) is 0 Å². The minimum Gasteiger partial charge on any atom is -0.334 e. The van der Waals surface area contributed by atoms with E-state index in [0.717, 1.165) is 25.6 Å². The minimum atomic E-state index is 0.897. The van der Waals surface area contributed by atoms with E-state index in [1.54, 1.807) is 0 Å². The normalized spacial score (nSPS) is 17.5. The SMILES string of the molecule is CCNCc1nccn1CCC1CCCCC1. The molecule has 0 aromatic carbocycles. The molecule has 0 aliphatic heterocycles. The highest BCUT2D eigenvalue weighted by Gasteiger charge is 2.13. The Morgan fingerprint density at radius 3 is 2.94 bits per heavy atom. The summed E-state index contributed by atoms with van der Waals surface area (Å²) in [4.78, 5) is 4.42. The Bertz CT molecular complexity index is 313. The van der Waals surface area contributed by atoms with Gasteiger partial charge in [0.15, 0.2) is 0 Å². The summed E-state index contributed by atoms with van der Waals surface area (Å²) in [5.41, 5.74) is 0. The fraction of sp³-hybridized carbons (Fsp3) is 0.786. The number of aromatic nitrogens is 2. The van der Waals surface area contributed by atoms with Crippen LogP contribution in [0, 0.1) is 5.92 Å². The number of aryl methyl sites for hydroxylation is 1. The van der Waals surface area contributed by atoms with Crippen LogP contribution in [0.25, 0.3) is 0 Å². The van der Waals surface area contributed by atoms with Crippen molar-refractivity contribution in [3.05, 3.63) is 18.2 Å². The lowest BCUT2D eigenvalue weighted by Crippen LogP contribution is -2.17. The quantitative estimate of drug-likeness (QED) is 0.821. The van der Waals surface area contributed by atoms with E-state index in [9.17, 15) is 0 Å². The van der Waals surface area contributed by atoms with Crippen LogP contribution in [-0.2, 0) is 13.1 Å². The van der Waals surface area contributed by atoms with Crippen LogP contribution in [0.15, 0.2) is 12.4 Å². The Labute approximate surface area is 105 Å². The van der Waals surface area contributed by atoms with Gasteiger partial charge in [-0.05, 0) is 18.9 Å². The molecule has 3 nitrogen and oxygen atoms in total. The summed E-state index contributed by atoms with van der Waals surface area (Å²) in [6.07, 6.45) is 12.6. The molecule has 1 aliphatic rings. The molecule has 0 bridgehead atoms. The zero-order chi connectivity index (χ0) is 11.9. The third-order valence-electron chi connectivity index (χ3n) is 3.84. The largest absolute Gasteiger partial charge is 0.334 e. The molecule has 0 unspecified atom stereocenters. The van der Waals surface area contributed by atoms with Crippen LogP contribution in [-0.4, -0.2) is 16.1 Å². The van der Waals surface area contributed by atoms with Crippen LogP contribution in [0.3, 0.4) is 0 Å². The van der Waals surface area contributed by atoms with Gasteiger partial charge in [-0.1, -0.05) is 39.0 Å². The monoisotopic (exact) mass is 235 g/mol. The molecule has 1 fully saturated rings. The Morgan fingerprint density at radius 2 is 2.18 bits per heavy atom. The first-order chi connectivity index (χ1) is 8.40. The summed E-state index contributed by atoms with van der Waals surface area (Å²) in [5, 5.41) is 3.35. The van der Waals surface area contributed by atoms with Gasteiger partial charge in [-0.25, -0.2) is 4.98 Å². The molecule has 96 valence electrons. The summed E-state index contributed by atoms with van der Waals surface area (Å²) in [5.74, 6) is 2.14. The van der Waals surface area contributed by atoms with Crippen molar-refractivity contribution in [1.82, 2.24) is 14.9 Å². The van der Waals surface area contributed by atoms with Crippen LogP contribution in [0.4, 0.5) is 0 Å². The van der Waals surface area contributed by atoms with E-state index in [1.165, 1.54) is 44.3 Å². The Morgan fingerprint density at radius 1 is 1.35 bits per heavy atom. The Balaban J connectivity index is 1.79. The Hall–Kier alpha value is -0.830. The second-order valence-electron chi connectivity index (χ2n) is 5.11. The van der Waals surface area contributed by atoms with Crippen LogP contribution in [0.5, 0.6) is 0 Å². The summed E-state index contributed by atoms with van der Waals surface area (Å²) in [7, 11) is 0. The predicted molar refractivity (Wildman–Crippen MR) is 70.8 cm³/mol. The van der Waals surface area contributed by atoms with Crippen molar-refractivity contribution in [2.24, 2.45) is 5.92 Å². The maximum absolute atomic E-state index is 4.42. The van der Waals surface area contributed by atoms with E-state index in [1.807, 2.05) is 6.20 Å². The molecule has 1 aliphatic carbocycles. The standard InChI is InChI=1S/C14H25N3/c1-2-15-12-14-16-9-11-17(14)10-8-13-6-4-3-5-7-13/h9,11,13,15H,2-8,10,12H2,1H3. The lowest BCUT2D eigenvalue weighted by molar-refractivity contribution is 0.322. The highest BCUT2D eigenvalue weighted by atomic mass is 15.1. The molecule has 0 radical (unpaired) electrons. The molecule has 1 aromatic heterocycles. The zero-order valence-corrected chi connectivity index (χ0v) is 11.0. The van der Waals surface area contributed by atoms with Gasteiger partial charge in [0.2, 0.25) is 0 Å². The van der Waals surface area contributed by atoms with Crippen LogP contribution in [0.1, 0.15) is 51.3 Å². The van der Waals surface area contributed by atoms with E-state index < -0.39 is 0 Å². The van der Waals surface area contributed by atoms with Crippen molar-refractivity contribution in [3.8, 4) is 0 Å². The first kappa shape index (κ1) is 12.6. The second kappa shape index (κ2) is 6.80. The second-order valence-corrected chi connectivity index (χ2v) is 5.11. The predicted octanol–water partition coefficient (Wildman–Crippen LogP) is 2.96. The van der Waals surface area contributed by atoms with Crippen LogP contribution < -0.4 is 5.32 Å². The van der Waals surface area contributed by atoms with Crippen molar-refractivity contribution in [1.29, 1.82) is 0 Å². The van der Waals surface area contributed by atoms with Crippen molar-refractivity contribution in [2.45, 2.75) is 58.5 Å². The summed E-state index contributed by atoms with van der Waals surface area (Å²) in [6.45, 7) is 5.18. The number of nitrogens with zero attached hydrogens (tertiary/aromatic N) is 2. The summed E-state index contributed by atoms with van der Waals surface area (Å²) < 4.78 is 2.32. The van der Waals surface area contributed by atoms with Gasteiger partial charge in [0, 0.05) is 18.9 Å². The van der Waals surface area contributed by atoms with Gasteiger partial charge in [0.1, 0.15) is 5.82 Å². The zero-order valence-electron chi connectivity index (χ0n) is 11.0. The lowest BCUT2D eigenvalue weighted by Gasteiger charge is -2.21. The maximum Gasteiger partial charge on any atom is 0.122 e. The summed E-state index contributed by atoms with van der Waals surface area (Å²) in [6, 6.07) is 0. The van der Waals surface area contributed by atoms with Crippen molar-refractivity contribution < 1.29 is 0 Å². The number of rotatable bonds is 6.